The van der Waals surface area contributed by atoms with Crippen LogP contribution < -0.4 is 9.64 Å². The molecule has 0 saturated carbocycles. The molecular weight excluding hydrogens is 431 g/mol. The van der Waals surface area contributed by atoms with Gasteiger partial charge >= 0.3 is 6.36 Å². The number of anilines is 1. The topological polar surface area (TPSA) is 41.9 Å². The molecule has 1 aliphatic heterocycles. The third kappa shape index (κ3) is 4.77. The van der Waals surface area contributed by atoms with Gasteiger partial charge in [0.05, 0.1) is 11.7 Å². The fourth-order valence-electron chi connectivity index (χ4n) is 3.49. The van der Waals surface area contributed by atoms with Crippen molar-refractivity contribution in [2.24, 2.45) is 4.99 Å². The van der Waals surface area contributed by atoms with Gasteiger partial charge in [-0.25, -0.2) is 13.8 Å². The summed E-state index contributed by atoms with van der Waals surface area (Å²) in [6.07, 6.45) is -4.79. The van der Waals surface area contributed by atoms with Gasteiger partial charge in [0.15, 0.2) is 0 Å². The molecule has 1 atom stereocenters. The van der Waals surface area contributed by atoms with E-state index in [2.05, 4.69) is 9.73 Å². The zero-order valence-electron chi connectivity index (χ0n) is 16.3. The fourth-order valence-corrected chi connectivity index (χ4v) is 3.49. The molecule has 1 heterocycles. The summed E-state index contributed by atoms with van der Waals surface area (Å²) >= 11 is 0. The molecule has 0 N–H and O–H groups in total. The summed E-state index contributed by atoms with van der Waals surface area (Å²) in [4.78, 5) is 18.8. The van der Waals surface area contributed by atoms with Gasteiger partial charge in [-0.1, -0.05) is 12.1 Å². The Labute approximate surface area is 179 Å². The molecule has 164 valence electrons. The SMILES string of the molecule is O=C1C(=Nc2ccc(F)cc2)CC(c2cccc(OC(F)(F)F)c2)N1c1ccc(F)cc1. The lowest BCUT2D eigenvalue weighted by atomic mass is 10.0. The minimum Gasteiger partial charge on any atom is -0.406 e. The maximum atomic E-state index is 13.4. The van der Waals surface area contributed by atoms with Crippen molar-refractivity contribution in [3.05, 3.63) is 90.0 Å². The zero-order chi connectivity index (χ0) is 22.9. The van der Waals surface area contributed by atoms with E-state index in [4.69, 9.17) is 0 Å². The molecule has 4 rings (SSSR count). The lowest BCUT2D eigenvalue weighted by Gasteiger charge is -2.25. The van der Waals surface area contributed by atoms with E-state index in [-0.39, 0.29) is 12.1 Å². The van der Waals surface area contributed by atoms with Crippen LogP contribution in [0, 0.1) is 11.6 Å². The van der Waals surface area contributed by atoms with E-state index >= 15 is 0 Å². The van der Waals surface area contributed by atoms with Crippen molar-refractivity contribution in [2.75, 3.05) is 4.90 Å². The Morgan fingerprint density at radius 2 is 1.53 bits per heavy atom. The van der Waals surface area contributed by atoms with E-state index in [0.29, 0.717) is 16.9 Å². The number of rotatable bonds is 4. The van der Waals surface area contributed by atoms with Gasteiger partial charge < -0.3 is 4.74 Å². The largest absolute Gasteiger partial charge is 0.573 e. The summed E-state index contributed by atoms with van der Waals surface area (Å²) in [5, 5.41) is 0. The number of hydrogen-bond donors (Lipinski definition) is 0. The van der Waals surface area contributed by atoms with Crippen molar-refractivity contribution in [2.45, 2.75) is 18.8 Å². The van der Waals surface area contributed by atoms with E-state index in [9.17, 15) is 26.7 Å². The minimum absolute atomic E-state index is 0.0725. The molecule has 3 aromatic rings. The Balaban J connectivity index is 1.74. The monoisotopic (exact) mass is 446 g/mol. The number of benzene rings is 3. The van der Waals surface area contributed by atoms with Gasteiger partial charge in [-0.15, -0.1) is 13.2 Å². The van der Waals surface area contributed by atoms with E-state index < -0.39 is 35.7 Å². The lowest BCUT2D eigenvalue weighted by Crippen LogP contribution is -2.29. The van der Waals surface area contributed by atoms with E-state index in [0.717, 1.165) is 6.07 Å². The van der Waals surface area contributed by atoms with Gasteiger partial charge in [0, 0.05) is 12.1 Å². The molecule has 1 amide bonds. The molecule has 9 heteroatoms. The first-order valence-electron chi connectivity index (χ1n) is 9.47. The van der Waals surface area contributed by atoms with Crippen molar-refractivity contribution in [3.63, 3.8) is 0 Å². The van der Waals surface area contributed by atoms with Crippen molar-refractivity contribution in [3.8, 4) is 5.75 Å². The smallest absolute Gasteiger partial charge is 0.406 e. The molecule has 1 unspecified atom stereocenters. The van der Waals surface area contributed by atoms with E-state index in [1.165, 1.54) is 65.6 Å². The van der Waals surface area contributed by atoms with Crippen LogP contribution in [0.15, 0.2) is 77.8 Å². The molecule has 0 radical (unpaired) electrons. The van der Waals surface area contributed by atoms with Crippen LogP contribution in [-0.2, 0) is 4.79 Å². The van der Waals surface area contributed by atoms with Gasteiger partial charge in [0.1, 0.15) is 23.1 Å². The highest BCUT2D eigenvalue weighted by molar-refractivity contribution is 6.46. The predicted molar refractivity (Wildman–Crippen MR) is 108 cm³/mol. The normalized spacial score (nSPS) is 17.8. The van der Waals surface area contributed by atoms with Crippen molar-refractivity contribution >= 4 is 23.0 Å². The minimum atomic E-state index is -4.87. The standard InChI is InChI=1S/C23H15F5N2O2/c24-15-4-8-17(9-5-15)29-20-13-21(14-2-1-3-19(12-14)32-23(26,27)28)30(22(20)31)18-10-6-16(25)7-11-18/h1-12,21H,13H2. The third-order valence-corrected chi connectivity index (χ3v) is 4.84. The Morgan fingerprint density at radius 3 is 2.16 bits per heavy atom. The number of halogens is 5. The predicted octanol–water partition coefficient (Wildman–Crippen LogP) is 6.11. The first-order chi connectivity index (χ1) is 15.2. The fraction of sp³-hybridized carbons (Fsp3) is 0.130. The number of ether oxygens (including phenoxy) is 1. The highest BCUT2D eigenvalue weighted by Gasteiger charge is 2.39. The van der Waals surface area contributed by atoms with Crippen LogP contribution in [0.5, 0.6) is 5.75 Å². The number of aliphatic imine (C=N–C) groups is 1. The number of amides is 1. The first kappa shape index (κ1) is 21.5. The van der Waals surface area contributed by atoms with Crippen molar-refractivity contribution in [1.82, 2.24) is 0 Å². The average Bonchev–Trinajstić information content (AvgIpc) is 3.05. The second kappa shape index (κ2) is 8.41. The summed E-state index contributed by atoms with van der Waals surface area (Å²) in [5.74, 6) is -1.88. The summed E-state index contributed by atoms with van der Waals surface area (Å²) in [7, 11) is 0. The molecule has 3 aromatic carbocycles. The highest BCUT2D eigenvalue weighted by Crippen LogP contribution is 2.38. The molecule has 1 saturated heterocycles. The molecular formula is C23H15F5N2O2. The van der Waals surface area contributed by atoms with Crippen LogP contribution in [0.4, 0.5) is 33.3 Å². The van der Waals surface area contributed by atoms with Crippen molar-refractivity contribution < 1.29 is 31.5 Å². The van der Waals surface area contributed by atoms with Crippen LogP contribution in [-0.4, -0.2) is 18.0 Å². The summed E-state index contributed by atoms with van der Waals surface area (Å²) in [5.41, 5.74) is 1.22. The molecule has 0 spiro atoms. The summed E-state index contributed by atoms with van der Waals surface area (Å²) < 4.78 is 68.6. The number of nitrogens with zero attached hydrogens (tertiary/aromatic N) is 2. The number of carbonyl (C=O) groups is 1. The highest BCUT2D eigenvalue weighted by atomic mass is 19.4. The van der Waals surface area contributed by atoms with Gasteiger partial charge in [0.2, 0.25) is 0 Å². The average molecular weight is 446 g/mol. The molecule has 32 heavy (non-hydrogen) atoms. The third-order valence-electron chi connectivity index (χ3n) is 4.84. The molecule has 0 aliphatic carbocycles. The number of hydrogen-bond acceptors (Lipinski definition) is 3. The second-order valence-corrected chi connectivity index (χ2v) is 7.03. The number of carbonyl (C=O) groups excluding carboxylic acids is 1. The summed E-state index contributed by atoms with van der Waals surface area (Å²) in [6.45, 7) is 0. The van der Waals surface area contributed by atoms with Gasteiger partial charge in [-0.3, -0.25) is 9.69 Å². The van der Waals surface area contributed by atoms with Crippen LogP contribution in [0.1, 0.15) is 18.0 Å². The molecule has 0 aromatic heterocycles. The Kier molecular flexibility index (Phi) is 5.65. The summed E-state index contributed by atoms with van der Waals surface area (Å²) in [6, 6.07) is 15.0. The zero-order valence-corrected chi connectivity index (χ0v) is 16.3. The van der Waals surface area contributed by atoms with Crippen LogP contribution >= 0.6 is 0 Å². The number of alkyl halides is 3. The van der Waals surface area contributed by atoms with Crippen LogP contribution in [0.3, 0.4) is 0 Å². The van der Waals surface area contributed by atoms with Crippen LogP contribution in [0.25, 0.3) is 0 Å². The van der Waals surface area contributed by atoms with E-state index in [1.807, 2.05) is 0 Å². The van der Waals surface area contributed by atoms with Crippen molar-refractivity contribution in [1.29, 1.82) is 0 Å². The Hall–Kier alpha value is -3.75. The van der Waals surface area contributed by atoms with Crippen LogP contribution in [0.2, 0.25) is 0 Å². The Morgan fingerprint density at radius 1 is 0.906 bits per heavy atom. The Bertz CT molecular complexity index is 1160. The molecule has 1 aliphatic rings. The molecule has 0 bridgehead atoms. The van der Waals surface area contributed by atoms with Gasteiger partial charge in [-0.05, 0) is 66.2 Å². The lowest BCUT2D eigenvalue weighted by molar-refractivity contribution is -0.274. The second-order valence-electron chi connectivity index (χ2n) is 7.03. The van der Waals surface area contributed by atoms with E-state index in [1.54, 1.807) is 6.07 Å². The van der Waals surface area contributed by atoms with Gasteiger partial charge in [-0.2, -0.15) is 0 Å². The maximum Gasteiger partial charge on any atom is 0.573 e. The van der Waals surface area contributed by atoms with Gasteiger partial charge in [0.25, 0.3) is 5.91 Å². The first-order valence-corrected chi connectivity index (χ1v) is 9.47. The molecule has 1 fully saturated rings. The quantitative estimate of drug-likeness (QED) is 0.454. The molecule has 4 nitrogen and oxygen atoms in total. The maximum absolute atomic E-state index is 13.4.